The number of aromatic nitrogens is 3. The lowest BCUT2D eigenvalue weighted by molar-refractivity contribution is -0.147. The van der Waals surface area contributed by atoms with Crippen LogP contribution in [0.1, 0.15) is 18.3 Å². The Morgan fingerprint density at radius 1 is 1.32 bits per heavy atom. The van der Waals surface area contributed by atoms with Gasteiger partial charge in [0.15, 0.2) is 5.82 Å². The Morgan fingerprint density at radius 2 is 2.04 bits per heavy atom. The number of fused-ring (bicyclic) bond motifs is 1. The number of esters is 1. The maximum atomic E-state index is 14.4. The molecular formula is C16H19FN6O2. The van der Waals surface area contributed by atoms with Crippen molar-refractivity contribution in [2.75, 3.05) is 29.5 Å². The number of hydrogen-bond donors (Lipinski definition) is 2. The lowest BCUT2D eigenvalue weighted by Gasteiger charge is -2.34. The molecular weight excluding hydrogens is 327 g/mol. The number of carbonyl (C=O) groups is 1. The monoisotopic (exact) mass is 346 g/mol. The molecule has 9 heteroatoms. The molecule has 1 unspecified atom stereocenters. The second-order valence-electron chi connectivity index (χ2n) is 5.75. The second kappa shape index (κ2) is 6.88. The standard InChI is InChI=1S/C16H19FN6O2/c1-2-25-14(24)10-6-9-4-3-5-11(17)13(9)23(7-10)8-12-20-15(18)22-16(19)21-12/h3-5,10H,2,6-8H2,1H3,(H4,18,19,20,21,22). The molecule has 3 rings (SSSR count). The summed E-state index contributed by atoms with van der Waals surface area (Å²) in [7, 11) is 0. The van der Waals surface area contributed by atoms with Gasteiger partial charge in [-0.1, -0.05) is 12.1 Å². The average Bonchev–Trinajstić information content (AvgIpc) is 2.54. The molecule has 0 aliphatic carbocycles. The molecule has 0 bridgehead atoms. The maximum Gasteiger partial charge on any atom is 0.311 e. The summed E-state index contributed by atoms with van der Waals surface area (Å²) < 4.78 is 19.5. The highest BCUT2D eigenvalue weighted by atomic mass is 19.1. The molecule has 2 heterocycles. The number of anilines is 3. The van der Waals surface area contributed by atoms with Crippen LogP contribution in [0.2, 0.25) is 0 Å². The number of nitrogen functional groups attached to an aromatic ring is 2. The SMILES string of the molecule is CCOC(=O)C1Cc2cccc(F)c2N(Cc2nc(N)nc(N)n2)C1. The zero-order chi connectivity index (χ0) is 18.0. The molecule has 1 aliphatic heterocycles. The van der Waals surface area contributed by atoms with Crippen molar-refractivity contribution in [1.82, 2.24) is 15.0 Å². The Morgan fingerprint density at radius 3 is 2.72 bits per heavy atom. The number of carbonyl (C=O) groups excluding carboxylic acids is 1. The van der Waals surface area contributed by atoms with Crippen LogP contribution in [-0.2, 0) is 22.5 Å². The van der Waals surface area contributed by atoms with Crippen LogP contribution in [-0.4, -0.2) is 34.1 Å². The topological polar surface area (TPSA) is 120 Å². The molecule has 4 N–H and O–H groups in total. The van der Waals surface area contributed by atoms with Gasteiger partial charge in [0.1, 0.15) is 5.82 Å². The second-order valence-corrected chi connectivity index (χ2v) is 5.75. The quantitative estimate of drug-likeness (QED) is 0.784. The predicted octanol–water partition coefficient (Wildman–Crippen LogP) is 0.917. The summed E-state index contributed by atoms with van der Waals surface area (Å²) in [6, 6.07) is 4.80. The molecule has 0 spiro atoms. The lowest BCUT2D eigenvalue weighted by Crippen LogP contribution is -2.40. The van der Waals surface area contributed by atoms with E-state index in [9.17, 15) is 9.18 Å². The van der Waals surface area contributed by atoms with E-state index in [-0.39, 0.29) is 36.8 Å². The van der Waals surface area contributed by atoms with Crippen LogP contribution in [0.4, 0.5) is 22.0 Å². The number of nitrogens with two attached hydrogens (primary N) is 2. The van der Waals surface area contributed by atoms with E-state index in [1.807, 2.05) is 0 Å². The first-order valence-corrected chi connectivity index (χ1v) is 7.92. The minimum Gasteiger partial charge on any atom is -0.466 e. The van der Waals surface area contributed by atoms with E-state index in [0.717, 1.165) is 5.56 Å². The van der Waals surface area contributed by atoms with Crippen molar-refractivity contribution in [3.05, 3.63) is 35.4 Å². The Labute approximate surface area is 144 Å². The molecule has 0 radical (unpaired) electrons. The van der Waals surface area contributed by atoms with Gasteiger partial charge in [0.2, 0.25) is 11.9 Å². The zero-order valence-corrected chi connectivity index (χ0v) is 13.8. The summed E-state index contributed by atoms with van der Waals surface area (Å²) in [6.45, 7) is 2.49. The van der Waals surface area contributed by atoms with E-state index in [4.69, 9.17) is 16.2 Å². The molecule has 0 amide bonds. The molecule has 1 aromatic carbocycles. The Balaban J connectivity index is 1.94. The molecule has 1 aromatic heterocycles. The molecule has 2 aromatic rings. The molecule has 0 fully saturated rings. The summed E-state index contributed by atoms with van der Waals surface area (Å²) in [5.74, 6) is -0.771. The highest BCUT2D eigenvalue weighted by molar-refractivity contribution is 5.76. The third-order valence-corrected chi connectivity index (χ3v) is 3.96. The highest BCUT2D eigenvalue weighted by Crippen LogP contribution is 2.33. The van der Waals surface area contributed by atoms with Gasteiger partial charge >= 0.3 is 5.97 Å². The van der Waals surface area contributed by atoms with Gasteiger partial charge in [-0.05, 0) is 25.0 Å². The van der Waals surface area contributed by atoms with Crippen molar-refractivity contribution in [3.63, 3.8) is 0 Å². The molecule has 1 atom stereocenters. The number of para-hydroxylation sites is 1. The maximum absolute atomic E-state index is 14.4. The van der Waals surface area contributed by atoms with Gasteiger partial charge in [0.05, 0.1) is 24.8 Å². The highest BCUT2D eigenvalue weighted by Gasteiger charge is 2.32. The van der Waals surface area contributed by atoms with Crippen LogP contribution in [0, 0.1) is 11.7 Å². The van der Waals surface area contributed by atoms with Gasteiger partial charge in [-0.25, -0.2) is 4.39 Å². The molecule has 25 heavy (non-hydrogen) atoms. The van der Waals surface area contributed by atoms with E-state index in [1.165, 1.54) is 6.07 Å². The first kappa shape index (κ1) is 16.9. The first-order valence-electron chi connectivity index (χ1n) is 7.92. The van der Waals surface area contributed by atoms with Gasteiger partial charge in [-0.15, -0.1) is 0 Å². The lowest BCUT2D eigenvalue weighted by atomic mass is 9.92. The third-order valence-electron chi connectivity index (χ3n) is 3.96. The van der Waals surface area contributed by atoms with Crippen molar-refractivity contribution in [2.45, 2.75) is 19.9 Å². The summed E-state index contributed by atoms with van der Waals surface area (Å²) in [5.41, 5.74) is 12.4. The van der Waals surface area contributed by atoms with Crippen LogP contribution in [0.5, 0.6) is 0 Å². The Bertz CT molecular complexity index is 780. The van der Waals surface area contributed by atoms with Gasteiger partial charge < -0.3 is 21.1 Å². The molecule has 132 valence electrons. The van der Waals surface area contributed by atoms with Crippen molar-refractivity contribution < 1.29 is 13.9 Å². The van der Waals surface area contributed by atoms with Gasteiger partial charge in [0.25, 0.3) is 0 Å². The number of halogens is 1. The summed E-state index contributed by atoms with van der Waals surface area (Å²) >= 11 is 0. The minimum absolute atomic E-state index is 0.00444. The number of hydrogen-bond acceptors (Lipinski definition) is 8. The zero-order valence-electron chi connectivity index (χ0n) is 13.8. The van der Waals surface area contributed by atoms with Gasteiger partial charge in [-0.3, -0.25) is 4.79 Å². The fourth-order valence-electron chi connectivity index (χ4n) is 3.03. The molecule has 0 saturated heterocycles. The van der Waals surface area contributed by atoms with E-state index in [1.54, 1.807) is 24.0 Å². The third kappa shape index (κ3) is 3.59. The van der Waals surface area contributed by atoms with E-state index in [2.05, 4.69) is 15.0 Å². The van der Waals surface area contributed by atoms with E-state index in [0.29, 0.717) is 24.5 Å². The Hall–Kier alpha value is -2.97. The van der Waals surface area contributed by atoms with Crippen LogP contribution in [0.3, 0.4) is 0 Å². The van der Waals surface area contributed by atoms with Crippen LogP contribution in [0.15, 0.2) is 18.2 Å². The van der Waals surface area contributed by atoms with Crippen LogP contribution in [0.25, 0.3) is 0 Å². The number of rotatable bonds is 4. The minimum atomic E-state index is -0.397. The fraction of sp³-hybridized carbons (Fsp3) is 0.375. The number of ether oxygens (including phenoxy) is 1. The van der Waals surface area contributed by atoms with Crippen molar-refractivity contribution in [2.24, 2.45) is 5.92 Å². The largest absolute Gasteiger partial charge is 0.466 e. The number of nitrogens with zero attached hydrogens (tertiary/aromatic N) is 4. The molecule has 1 aliphatic rings. The number of benzene rings is 1. The van der Waals surface area contributed by atoms with Crippen LogP contribution < -0.4 is 16.4 Å². The average molecular weight is 346 g/mol. The van der Waals surface area contributed by atoms with Crippen molar-refractivity contribution >= 4 is 23.6 Å². The normalized spacial score (nSPS) is 16.4. The molecule has 8 nitrogen and oxygen atoms in total. The van der Waals surface area contributed by atoms with Crippen molar-refractivity contribution in [3.8, 4) is 0 Å². The smallest absolute Gasteiger partial charge is 0.311 e. The van der Waals surface area contributed by atoms with Crippen LogP contribution >= 0.6 is 0 Å². The first-order chi connectivity index (χ1) is 12.0. The Kier molecular flexibility index (Phi) is 4.64. The van der Waals surface area contributed by atoms with Gasteiger partial charge in [0, 0.05) is 6.54 Å². The fourth-order valence-corrected chi connectivity index (χ4v) is 3.03. The summed E-state index contributed by atoms with van der Waals surface area (Å²) in [4.78, 5) is 25.7. The van der Waals surface area contributed by atoms with Gasteiger partial charge in [-0.2, -0.15) is 15.0 Å². The van der Waals surface area contributed by atoms with E-state index >= 15 is 0 Å². The summed E-state index contributed by atoms with van der Waals surface area (Å²) in [6.07, 6.45) is 0.421. The molecule has 0 saturated carbocycles. The predicted molar refractivity (Wildman–Crippen MR) is 89.9 cm³/mol. The summed E-state index contributed by atoms with van der Waals surface area (Å²) in [5, 5.41) is 0. The van der Waals surface area contributed by atoms with E-state index < -0.39 is 5.92 Å². The van der Waals surface area contributed by atoms with Crippen molar-refractivity contribution in [1.29, 1.82) is 0 Å².